The number of carbonyl (C=O) groups excluding carboxylic acids is 1. The molecule has 2 aromatic carbocycles. The maximum atomic E-state index is 13.4. The Labute approximate surface area is 169 Å². The number of ether oxygens (including phenoxy) is 1. The standard InChI is InChI=1S/C23H24N2O2S/c1-2-27-19-14-9-15-25(16-19)23(26)21-20(17-10-5-3-6-11-17)24-22(28-21)18-12-7-4-8-13-18/h3-8,10-13,19H,2,9,14-16H2,1H3. The second-order valence-corrected chi connectivity index (χ2v) is 7.90. The van der Waals surface area contributed by atoms with Crippen molar-refractivity contribution in [2.75, 3.05) is 19.7 Å². The van der Waals surface area contributed by atoms with E-state index in [-0.39, 0.29) is 12.0 Å². The summed E-state index contributed by atoms with van der Waals surface area (Å²) in [6.45, 7) is 4.11. The van der Waals surface area contributed by atoms with Crippen LogP contribution in [0.25, 0.3) is 21.8 Å². The zero-order valence-corrected chi connectivity index (χ0v) is 16.8. The molecular formula is C23H24N2O2S. The first-order valence-electron chi connectivity index (χ1n) is 9.78. The van der Waals surface area contributed by atoms with Gasteiger partial charge in [0.05, 0.1) is 11.8 Å². The molecule has 4 nitrogen and oxygen atoms in total. The fraction of sp³-hybridized carbons (Fsp3) is 0.304. The third-order valence-corrected chi connectivity index (χ3v) is 6.05. The lowest BCUT2D eigenvalue weighted by Crippen LogP contribution is -2.43. The molecule has 1 saturated heterocycles. The Morgan fingerprint density at radius 1 is 1.11 bits per heavy atom. The number of likely N-dealkylation sites (tertiary alicyclic amines) is 1. The predicted octanol–water partition coefficient (Wildman–Crippen LogP) is 5.12. The molecule has 1 amide bonds. The molecule has 144 valence electrons. The predicted molar refractivity (Wildman–Crippen MR) is 114 cm³/mol. The quantitative estimate of drug-likeness (QED) is 0.605. The molecule has 2 heterocycles. The fourth-order valence-corrected chi connectivity index (χ4v) is 4.66. The molecule has 0 bridgehead atoms. The fourth-order valence-electron chi connectivity index (χ4n) is 3.60. The molecule has 1 fully saturated rings. The molecule has 5 heteroatoms. The van der Waals surface area contributed by atoms with Gasteiger partial charge in [-0.3, -0.25) is 4.79 Å². The maximum absolute atomic E-state index is 13.4. The summed E-state index contributed by atoms with van der Waals surface area (Å²) in [5.41, 5.74) is 2.78. The number of hydrogen-bond acceptors (Lipinski definition) is 4. The van der Waals surface area contributed by atoms with Crippen molar-refractivity contribution < 1.29 is 9.53 Å². The molecule has 28 heavy (non-hydrogen) atoms. The zero-order valence-electron chi connectivity index (χ0n) is 16.0. The second kappa shape index (κ2) is 8.67. The number of rotatable bonds is 5. The average Bonchev–Trinajstić information content (AvgIpc) is 3.20. The van der Waals surface area contributed by atoms with Crippen LogP contribution in [0.1, 0.15) is 29.4 Å². The van der Waals surface area contributed by atoms with Gasteiger partial charge in [-0.25, -0.2) is 4.98 Å². The Morgan fingerprint density at radius 3 is 2.46 bits per heavy atom. The summed E-state index contributed by atoms with van der Waals surface area (Å²) in [7, 11) is 0. The summed E-state index contributed by atoms with van der Waals surface area (Å²) in [5.74, 6) is 0.0583. The number of aromatic nitrogens is 1. The van der Waals surface area contributed by atoms with Gasteiger partial charge in [-0.1, -0.05) is 60.7 Å². The molecular weight excluding hydrogens is 368 g/mol. The summed E-state index contributed by atoms with van der Waals surface area (Å²) in [6, 6.07) is 20.0. The van der Waals surface area contributed by atoms with Crippen molar-refractivity contribution >= 4 is 17.2 Å². The number of benzene rings is 2. The Bertz CT molecular complexity index is 922. The highest BCUT2D eigenvalue weighted by Crippen LogP contribution is 2.35. The molecule has 1 unspecified atom stereocenters. The van der Waals surface area contributed by atoms with Gasteiger partial charge in [0, 0.05) is 30.8 Å². The first kappa shape index (κ1) is 18.8. The van der Waals surface area contributed by atoms with E-state index in [4.69, 9.17) is 9.72 Å². The lowest BCUT2D eigenvalue weighted by atomic mass is 10.1. The third-order valence-electron chi connectivity index (χ3n) is 4.96. The van der Waals surface area contributed by atoms with Crippen molar-refractivity contribution in [1.82, 2.24) is 9.88 Å². The van der Waals surface area contributed by atoms with Gasteiger partial charge < -0.3 is 9.64 Å². The van der Waals surface area contributed by atoms with Gasteiger partial charge in [0.2, 0.25) is 0 Å². The molecule has 1 aliphatic heterocycles. The van der Waals surface area contributed by atoms with Crippen molar-refractivity contribution in [3.05, 3.63) is 65.5 Å². The lowest BCUT2D eigenvalue weighted by Gasteiger charge is -2.32. The van der Waals surface area contributed by atoms with Crippen LogP contribution in [0.5, 0.6) is 0 Å². The van der Waals surface area contributed by atoms with Crippen LogP contribution in [0.15, 0.2) is 60.7 Å². The van der Waals surface area contributed by atoms with E-state index in [1.807, 2.05) is 72.5 Å². The van der Waals surface area contributed by atoms with Crippen molar-refractivity contribution in [3.8, 4) is 21.8 Å². The smallest absolute Gasteiger partial charge is 0.266 e. The molecule has 1 aromatic heterocycles. The number of piperidine rings is 1. The minimum absolute atomic E-state index is 0.0583. The van der Waals surface area contributed by atoms with E-state index in [2.05, 4.69) is 0 Å². The van der Waals surface area contributed by atoms with Gasteiger partial charge in [-0.15, -0.1) is 11.3 Å². The van der Waals surface area contributed by atoms with Crippen LogP contribution in [0, 0.1) is 0 Å². The molecule has 1 aliphatic rings. The summed E-state index contributed by atoms with van der Waals surface area (Å²) < 4.78 is 5.78. The first-order valence-corrected chi connectivity index (χ1v) is 10.6. The van der Waals surface area contributed by atoms with E-state index in [0.717, 1.165) is 41.2 Å². The highest BCUT2D eigenvalue weighted by molar-refractivity contribution is 7.17. The average molecular weight is 393 g/mol. The number of thiazole rings is 1. The van der Waals surface area contributed by atoms with Crippen molar-refractivity contribution in [3.63, 3.8) is 0 Å². The Balaban J connectivity index is 1.70. The molecule has 0 aliphatic carbocycles. The number of hydrogen-bond donors (Lipinski definition) is 0. The van der Waals surface area contributed by atoms with Crippen LogP contribution >= 0.6 is 11.3 Å². The minimum atomic E-state index is 0.0583. The van der Waals surface area contributed by atoms with Crippen LogP contribution in [0.3, 0.4) is 0 Å². The topological polar surface area (TPSA) is 42.4 Å². The highest BCUT2D eigenvalue weighted by Gasteiger charge is 2.29. The summed E-state index contributed by atoms with van der Waals surface area (Å²) >= 11 is 1.48. The third kappa shape index (κ3) is 4.01. The van der Waals surface area contributed by atoms with E-state index in [0.29, 0.717) is 18.0 Å². The highest BCUT2D eigenvalue weighted by atomic mass is 32.1. The van der Waals surface area contributed by atoms with Crippen LogP contribution in [0.4, 0.5) is 0 Å². The van der Waals surface area contributed by atoms with Crippen molar-refractivity contribution in [2.45, 2.75) is 25.9 Å². The molecule has 0 N–H and O–H groups in total. The van der Waals surface area contributed by atoms with E-state index in [1.165, 1.54) is 11.3 Å². The Kier molecular flexibility index (Phi) is 5.84. The number of carbonyl (C=O) groups is 1. The molecule has 0 spiro atoms. The van der Waals surface area contributed by atoms with Crippen LogP contribution in [-0.4, -0.2) is 41.6 Å². The molecule has 0 saturated carbocycles. The van der Waals surface area contributed by atoms with E-state index in [1.54, 1.807) is 0 Å². The lowest BCUT2D eigenvalue weighted by molar-refractivity contribution is 0.00744. The van der Waals surface area contributed by atoms with Gasteiger partial charge in [-0.2, -0.15) is 0 Å². The van der Waals surface area contributed by atoms with Crippen molar-refractivity contribution in [2.24, 2.45) is 0 Å². The zero-order chi connectivity index (χ0) is 19.3. The van der Waals surface area contributed by atoms with Crippen molar-refractivity contribution in [1.29, 1.82) is 0 Å². The van der Waals surface area contributed by atoms with Gasteiger partial charge >= 0.3 is 0 Å². The second-order valence-electron chi connectivity index (χ2n) is 6.90. The minimum Gasteiger partial charge on any atom is -0.377 e. The van der Waals surface area contributed by atoms with E-state index < -0.39 is 0 Å². The van der Waals surface area contributed by atoms with Crippen LogP contribution < -0.4 is 0 Å². The SMILES string of the molecule is CCOC1CCCN(C(=O)c2sc(-c3ccccc3)nc2-c2ccccc2)C1. The Morgan fingerprint density at radius 2 is 1.79 bits per heavy atom. The monoisotopic (exact) mass is 392 g/mol. The number of nitrogens with zero attached hydrogens (tertiary/aromatic N) is 2. The molecule has 1 atom stereocenters. The summed E-state index contributed by atoms with van der Waals surface area (Å²) in [4.78, 5) is 20.9. The van der Waals surface area contributed by atoms with Gasteiger partial charge in [0.15, 0.2) is 0 Å². The first-order chi connectivity index (χ1) is 13.8. The van der Waals surface area contributed by atoms with Gasteiger partial charge in [0.1, 0.15) is 9.88 Å². The molecule has 0 radical (unpaired) electrons. The largest absolute Gasteiger partial charge is 0.377 e. The maximum Gasteiger partial charge on any atom is 0.266 e. The summed E-state index contributed by atoms with van der Waals surface area (Å²) in [5, 5.41) is 0.876. The summed E-state index contributed by atoms with van der Waals surface area (Å²) in [6.07, 6.45) is 2.12. The number of amides is 1. The molecule has 4 rings (SSSR count). The van der Waals surface area contributed by atoms with Crippen LogP contribution in [-0.2, 0) is 4.74 Å². The van der Waals surface area contributed by atoms with Crippen LogP contribution in [0.2, 0.25) is 0 Å². The Hall–Kier alpha value is -2.50. The molecule has 3 aromatic rings. The van der Waals surface area contributed by atoms with E-state index in [9.17, 15) is 4.79 Å². The van der Waals surface area contributed by atoms with Gasteiger partial charge in [-0.05, 0) is 19.8 Å². The normalized spacial score (nSPS) is 16.9. The van der Waals surface area contributed by atoms with Gasteiger partial charge in [0.25, 0.3) is 5.91 Å². The van der Waals surface area contributed by atoms with E-state index >= 15 is 0 Å².